The van der Waals surface area contributed by atoms with Crippen LogP contribution in [0.5, 0.6) is 0 Å². The van der Waals surface area contributed by atoms with Crippen LogP contribution in [0.15, 0.2) is 35.1 Å². The number of nitrogens with zero attached hydrogens (tertiary/aromatic N) is 1. The Balaban J connectivity index is 1.91. The van der Waals surface area contributed by atoms with E-state index in [2.05, 4.69) is 22.2 Å². The molecule has 21 heavy (non-hydrogen) atoms. The van der Waals surface area contributed by atoms with E-state index in [1.54, 1.807) is 6.07 Å². The van der Waals surface area contributed by atoms with Crippen molar-refractivity contribution in [3.05, 3.63) is 57.0 Å². The average molecular weight is 306 g/mol. The number of aromatic nitrogens is 2. The molecule has 0 radical (unpaired) electrons. The summed E-state index contributed by atoms with van der Waals surface area (Å²) in [6.45, 7) is 2.83. The molecular weight excluding hydrogens is 286 g/mol. The summed E-state index contributed by atoms with van der Waals surface area (Å²) in [5.41, 5.74) is 1.93. The van der Waals surface area contributed by atoms with Crippen LogP contribution in [0.4, 0.5) is 5.95 Å². The quantitative estimate of drug-likeness (QED) is 0.824. The molecule has 0 bridgehead atoms. The molecule has 0 unspecified atom stereocenters. The third-order valence-corrected chi connectivity index (χ3v) is 3.45. The number of nitrogens with one attached hydrogen (secondary N) is 2. The van der Waals surface area contributed by atoms with Crippen molar-refractivity contribution in [1.29, 1.82) is 0 Å². The van der Waals surface area contributed by atoms with E-state index in [9.17, 15) is 4.79 Å². The first-order valence-electron chi connectivity index (χ1n) is 7.26. The molecule has 0 fully saturated rings. The number of hydrogen-bond acceptors (Lipinski definition) is 3. The highest BCUT2D eigenvalue weighted by atomic mass is 35.5. The van der Waals surface area contributed by atoms with Crippen LogP contribution in [0, 0.1) is 0 Å². The van der Waals surface area contributed by atoms with Crippen molar-refractivity contribution in [3.63, 3.8) is 0 Å². The lowest BCUT2D eigenvalue weighted by molar-refractivity contribution is 0.771. The molecule has 4 nitrogen and oxygen atoms in total. The van der Waals surface area contributed by atoms with Gasteiger partial charge >= 0.3 is 0 Å². The van der Waals surface area contributed by atoms with Gasteiger partial charge in [0, 0.05) is 23.3 Å². The lowest BCUT2D eigenvalue weighted by atomic mass is 10.1. The summed E-state index contributed by atoms with van der Waals surface area (Å²) in [5.74, 6) is 0.544. The highest BCUT2D eigenvalue weighted by molar-refractivity contribution is 6.30. The number of anilines is 1. The van der Waals surface area contributed by atoms with Crippen LogP contribution < -0.4 is 10.9 Å². The van der Waals surface area contributed by atoms with Gasteiger partial charge in [-0.3, -0.25) is 9.78 Å². The molecule has 1 heterocycles. The molecule has 2 aromatic rings. The Morgan fingerprint density at radius 1 is 1.24 bits per heavy atom. The minimum atomic E-state index is -0.106. The van der Waals surface area contributed by atoms with E-state index in [1.807, 2.05) is 24.3 Å². The molecular formula is C16H20ClN3O. The van der Waals surface area contributed by atoms with E-state index in [0.29, 0.717) is 12.5 Å². The van der Waals surface area contributed by atoms with Gasteiger partial charge in [0.25, 0.3) is 5.56 Å². The summed E-state index contributed by atoms with van der Waals surface area (Å²) in [6, 6.07) is 9.32. The van der Waals surface area contributed by atoms with Gasteiger partial charge in [0.2, 0.25) is 5.95 Å². The van der Waals surface area contributed by atoms with Crippen molar-refractivity contribution < 1.29 is 0 Å². The maximum Gasteiger partial charge on any atom is 0.252 e. The van der Waals surface area contributed by atoms with Crippen LogP contribution in [-0.2, 0) is 12.8 Å². The third kappa shape index (κ3) is 5.23. The van der Waals surface area contributed by atoms with Crippen LogP contribution in [-0.4, -0.2) is 16.5 Å². The second-order valence-corrected chi connectivity index (χ2v) is 5.43. The van der Waals surface area contributed by atoms with Crippen molar-refractivity contribution in [3.8, 4) is 0 Å². The third-order valence-electron chi connectivity index (χ3n) is 3.20. The second-order valence-electron chi connectivity index (χ2n) is 4.99. The number of benzene rings is 1. The number of H-pyrrole nitrogens is 1. The Kier molecular flexibility index (Phi) is 5.81. The van der Waals surface area contributed by atoms with Crippen LogP contribution in [0.3, 0.4) is 0 Å². The minimum Gasteiger partial charge on any atom is -0.355 e. The number of rotatable bonds is 7. The van der Waals surface area contributed by atoms with Crippen LogP contribution in [0.1, 0.15) is 31.0 Å². The molecule has 0 amide bonds. The molecule has 1 aromatic heterocycles. The Hall–Kier alpha value is -1.81. The molecule has 112 valence electrons. The van der Waals surface area contributed by atoms with Crippen molar-refractivity contribution in [2.24, 2.45) is 0 Å². The normalized spacial score (nSPS) is 10.6. The number of halogens is 1. The predicted octanol–water partition coefficient (Wildman–Crippen LogP) is 3.42. The highest BCUT2D eigenvalue weighted by Crippen LogP contribution is 2.10. The lowest BCUT2D eigenvalue weighted by Gasteiger charge is -2.07. The van der Waals surface area contributed by atoms with Crippen molar-refractivity contribution in [2.75, 3.05) is 11.9 Å². The van der Waals surface area contributed by atoms with E-state index in [1.165, 1.54) is 5.56 Å². The average Bonchev–Trinajstić information content (AvgIpc) is 2.47. The van der Waals surface area contributed by atoms with Gasteiger partial charge in [-0.2, -0.15) is 0 Å². The van der Waals surface area contributed by atoms with Gasteiger partial charge < -0.3 is 5.32 Å². The van der Waals surface area contributed by atoms with Gasteiger partial charge in [0.1, 0.15) is 0 Å². The summed E-state index contributed by atoms with van der Waals surface area (Å²) in [4.78, 5) is 18.7. The second kappa shape index (κ2) is 7.84. The highest BCUT2D eigenvalue weighted by Gasteiger charge is 2.01. The van der Waals surface area contributed by atoms with Gasteiger partial charge in [-0.25, -0.2) is 4.98 Å². The van der Waals surface area contributed by atoms with E-state index < -0.39 is 0 Å². The summed E-state index contributed by atoms with van der Waals surface area (Å²) in [7, 11) is 0. The standard InChI is InChI=1S/C16H20ClN3O/c1-2-3-4-14-11-15(21)20-16(19-14)18-10-9-12-5-7-13(17)8-6-12/h5-8,11H,2-4,9-10H2,1H3,(H2,18,19,20,21). The van der Waals surface area contributed by atoms with Crippen LogP contribution >= 0.6 is 11.6 Å². The van der Waals surface area contributed by atoms with Crippen LogP contribution in [0.25, 0.3) is 0 Å². The van der Waals surface area contributed by atoms with E-state index in [4.69, 9.17) is 11.6 Å². The number of aromatic amines is 1. The van der Waals surface area contributed by atoms with Gasteiger partial charge in [-0.15, -0.1) is 0 Å². The fourth-order valence-electron chi connectivity index (χ4n) is 2.05. The van der Waals surface area contributed by atoms with Crippen molar-refractivity contribution in [2.45, 2.75) is 32.6 Å². The zero-order valence-corrected chi connectivity index (χ0v) is 12.9. The molecule has 2 rings (SSSR count). The van der Waals surface area contributed by atoms with E-state index in [0.717, 1.165) is 36.4 Å². The molecule has 0 spiro atoms. The molecule has 0 aliphatic rings. The fourth-order valence-corrected chi connectivity index (χ4v) is 2.18. The number of unbranched alkanes of at least 4 members (excludes halogenated alkanes) is 1. The Bertz CT molecular complexity index is 622. The zero-order valence-electron chi connectivity index (χ0n) is 12.2. The lowest BCUT2D eigenvalue weighted by Crippen LogP contribution is -2.15. The maximum atomic E-state index is 11.6. The summed E-state index contributed by atoms with van der Waals surface area (Å²) >= 11 is 5.85. The van der Waals surface area contributed by atoms with E-state index in [-0.39, 0.29) is 5.56 Å². The first-order chi connectivity index (χ1) is 10.2. The molecule has 0 aliphatic carbocycles. The first kappa shape index (κ1) is 15.6. The zero-order chi connectivity index (χ0) is 15.1. The number of aryl methyl sites for hydroxylation is 1. The largest absolute Gasteiger partial charge is 0.355 e. The SMILES string of the molecule is CCCCc1cc(=O)[nH]c(NCCc2ccc(Cl)cc2)n1. The molecule has 0 saturated carbocycles. The molecule has 5 heteroatoms. The Morgan fingerprint density at radius 3 is 2.71 bits per heavy atom. The monoisotopic (exact) mass is 305 g/mol. The van der Waals surface area contributed by atoms with E-state index >= 15 is 0 Å². The topological polar surface area (TPSA) is 57.8 Å². The minimum absolute atomic E-state index is 0.106. The Morgan fingerprint density at radius 2 is 2.00 bits per heavy atom. The van der Waals surface area contributed by atoms with Gasteiger partial charge in [0.05, 0.1) is 0 Å². The molecule has 0 atom stereocenters. The Labute approximate surface area is 129 Å². The predicted molar refractivity (Wildman–Crippen MR) is 87.1 cm³/mol. The fraction of sp³-hybridized carbons (Fsp3) is 0.375. The molecule has 2 N–H and O–H groups in total. The van der Waals surface area contributed by atoms with Gasteiger partial charge in [0.15, 0.2) is 0 Å². The number of hydrogen-bond donors (Lipinski definition) is 2. The summed E-state index contributed by atoms with van der Waals surface area (Å²) < 4.78 is 0. The maximum absolute atomic E-state index is 11.6. The summed E-state index contributed by atoms with van der Waals surface area (Å²) in [5, 5.41) is 3.90. The van der Waals surface area contributed by atoms with Crippen molar-refractivity contribution in [1.82, 2.24) is 9.97 Å². The van der Waals surface area contributed by atoms with Crippen molar-refractivity contribution >= 4 is 17.5 Å². The van der Waals surface area contributed by atoms with Gasteiger partial charge in [-0.1, -0.05) is 37.1 Å². The summed E-state index contributed by atoms with van der Waals surface area (Å²) in [6.07, 6.45) is 3.82. The van der Waals surface area contributed by atoms with Crippen LogP contribution in [0.2, 0.25) is 5.02 Å². The first-order valence-corrected chi connectivity index (χ1v) is 7.63. The molecule has 0 saturated heterocycles. The van der Waals surface area contributed by atoms with Gasteiger partial charge in [-0.05, 0) is 37.0 Å². The molecule has 1 aromatic carbocycles. The smallest absolute Gasteiger partial charge is 0.252 e. The molecule has 0 aliphatic heterocycles.